The Labute approximate surface area is 296 Å². The van der Waals surface area contributed by atoms with Crippen molar-refractivity contribution in [2.75, 3.05) is 0 Å². The lowest BCUT2D eigenvalue weighted by molar-refractivity contribution is 1.19. The second kappa shape index (κ2) is 11.8. The van der Waals surface area contributed by atoms with Crippen LogP contribution in [-0.4, -0.2) is 19.9 Å². The van der Waals surface area contributed by atoms with Crippen molar-refractivity contribution in [3.63, 3.8) is 0 Å². The maximum atomic E-state index is 5.31. The molecular formula is C44H26N4S2. The van der Waals surface area contributed by atoms with Crippen molar-refractivity contribution >= 4 is 63.1 Å². The van der Waals surface area contributed by atoms with E-state index >= 15 is 0 Å². The van der Waals surface area contributed by atoms with Gasteiger partial charge < -0.3 is 0 Å². The van der Waals surface area contributed by atoms with Crippen LogP contribution < -0.4 is 0 Å². The molecule has 10 rings (SSSR count). The van der Waals surface area contributed by atoms with E-state index in [0.29, 0.717) is 5.82 Å². The number of aromatic nitrogens is 4. The molecule has 50 heavy (non-hydrogen) atoms. The van der Waals surface area contributed by atoms with Crippen LogP contribution in [0.5, 0.6) is 0 Å². The van der Waals surface area contributed by atoms with Gasteiger partial charge in [-0.15, -0.1) is 22.7 Å². The van der Waals surface area contributed by atoms with Gasteiger partial charge >= 0.3 is 0 Å². The highest BCUT2D eigenvalue weighted by molar-refractivity contribution is 7.27. The summed E-state index contributed by atoms with van der Waals surface area (Å²) in [5, 5.41) is 3.48. The summed E-state index contributed by atoms with van der Waals surface area (Å²) in [6.45, 7) is 0. The van der Waals surface area contributed by atoms with Crippen molar-refractivity contribution in [3.8, 4) is 56.5 Å². The number of rotatable bonds is 5. The predicted molar refractivity (Wildman–Crippen MR) is 211 cm³/mol. The summed E-state index contributed by atoms with van der Waals surface area (Å²) < 4.78 is 4.68. The standard InChI is InChI=1S/C44H26N4S2/c1-4-14-27(15-5-1)34-26-35(28-16-6-2-7-17-28)46-44(45-34)32-22-13-25-37-38(32)31-21-12-23-33(41(31)50-37)40-42-39(30-20-10-11-24-36(30)49-42)47-43(48-40)29-18-8-3-9-19-29/h1-26H. The van der Waals surface area contributed by atoms with Gasteiger partial charge in [0, 0.05) is 58.1 Å². The third-order valence-electron chi connectivity index (χ3n) is 9.14. The quantitative estimate of drug-likeness (QED) is 0.182. The number of hydrogen-bond acceptors (Lipinski definition) is 6. The molecule has 0 radical (unpaired) electrons. The van der Waals surface area contributed by atoms with Crippen LogP contribution in [0.3, 0.4) is 0 Å². The monoisotopic (exact) mass is 674 g/mol. The minimum absolute atomic E-state index is 0.709. The van der Waals surface area contributed by atoms with Crippen molar-refractivity contribution in [2.45, 2.75) is 0 Å². The molecular weight excluding hydrogens is 649 g/mol. The summed E-state index contributed by atoms with van der Waals surface area (Å²) in [7, 11) is 0. The molecule has 4 aromatic heterocycles. The first-order valence-corrected chi connectivity index (χ1v) is 18.1. The first-order valence-electron chi connectivity index (χ1n) is 16.5. The summed E-state index contributed by atoms with van der Waals surface area (Å²) in [4.78, 5) is 20.9. The van der Waals surface area contributed by atoms with Gasteiger partial charge in [-0.2, -0.15) is 0 Å². The van der Waals surface area contributed by atoms with Crippen molar-refractivity contribution in [1.82, 2.24) is 19.9 Å². The van der Waals surface area contributed by atoms with Crippen LogP contribution in [0.25, 0.3) is 97.0 Å². The van der Waals surface area contributed by atoms with Crippen LogP contribution in [0, 0.1) is 0 Å². The normalized spacial score (nSPS) is 11.6. The van der Waals surface area contributed by atoms with Gasteiger partial charge in [0.05, 0.1) is 27.3 Å². The van der Waals surface area contributed by atoms with E-state index in [1.54, 1.807) is 22.7 Å². The molecule has 6 aromatic carbocycles. The van der Waals surface area contributed by atoms with E-state index in [9.17, 15) is 0 Å². The summed E-state index contributed by atoms with van der Waals surface area (Å²) >= 11 is 3.56. The first kappa shape index (κ1) is 28.9. The zero-order valence-corrected chi connectivity index (χ0v) is 28.2. The Morgan fingerprint density at radius 2 is 0.940 bits per heavy atom. The largest absolute Gasteiger partial charge is 0.228 e. The molecule has 0 amide bonds. The van der Waals surface area contributed by atoms with Gasteiger partial charge in [0.2, 0.25) is 0 Å². The first-order chi connectivity index (χ1) is 24.8. The Kier molecular flexibility index (Phi) is 6.82. The minimum atomic E-state index is 0.709. The molecule has 0 aliphatic heterocycles. The number of benzene rings is 6. The van der Waals surface area contributed by atoms with E-state index in [4.69, 9.17) is 19.9 Å². The maximum Gasteiger partial charge on any atom is 0.161 e. The van der Waals surface area contributed by atoms with E-state index in [2.05, 4.69) is 127 Å². The summed E-state index contributed by atoms with van der Waals surface area (Å²) in [6.07, 6.45) is 0. The SMILES string of the molecule is c1ccc(-c2cc(-c3ccccc3)nc(-c3cccc4sc5c(-c6nc(-c7ccccc7)nc7c6sc6ccccc67)cccc5c34)n2)cc1. The molecule has 0 aliphatic rings. The van der Waals surface area contributed by atoms with E-state index in [-0.39, 0.29) is 0 Å². The zero-order valence-electron chi connectivity index (χ0n) is 26.6. The zero-order chi connectivity index (χ0) is 33.0. The lowest BCUT2D eigenvalue weighted by atomic mass is 10.0. The molecule has 0 bridgehead atoms. The maximum absolute atomic E-state index is 5.31. The highest BCUT2D eigenvalue weighted by Crippen LogP contribution is 2.46. The number of hydrogen-bond donors (Lipinski definition) is 0. The third kappa shape index (κ3) is 4.80. The van der Waals surface area contributed by atoms with Gasteiger partial charge in [0.1, 0.15) is 0 Å². The molecule has 4 nitrogen and oxygen atoms in total. The topological polar surface area (TPSA) is 51.6 Å². The van der Waals surface area contributed by atoms with Crippen molar-refractivity contribution < 1.29 is 0 Å². The molecule has 4 heterocycles. The summed E-state index contributed by atoms with van der Waals surface area (Å²) in [5.41, 5.74) is 8.99. The molecule has 0 aliphatic carbocycles. The van der Waals surface area contributed by atoms with E-state index < -0.39 is 0 Å². The molecule has 234 valence electrons. The van der Waals surface area contributed by atoms with Gasteiger partial charge in [-0.25, -0.2) is 19.9 Å². The smallest absolute Gasteiger partial charge is 0.161 e. The van der Waals surface area contributed by atoms with Crippen LogP contribution in [-0.2, 0) is 0 Å². The van der Waals surface area contributed by atoms with Gasteiger partial charge in [-0.3, -0.25) is 0 Å². The van der Waals surface area contributed by atoms with Gasteiger partial charge in [0.25, 0.3) is 0 Å². The molecule has 0 saturated heterocycles. The van der Waals surface area contributed by atoms with Crippen LogP contribution in [0.15, 0.2) is 158 Å². The second-order valence-electron chi connectivity index (χ2n) is 12.2. The fourth-order valence-corrected chi connectivity index (χ4v) is 9.18. The van der Waals surface area contributed by atoms with Crippen LogP contribution in [0.1, 0.15) is 0 Å². The fourth-order valence-electron chi connectivity index (χ4n) is 6.79. The van der Waals surface area contributed by atoms with Gasteiger partial charge in [-0.1, -0.05) is 140 Å². The average molecular weight is 675 g/mol. The van der Waals surface area contributed by atoms with Crippen LogP contribution in [0.2, 0.25) is 0 Å². The van der Waals surface area contributed by atoms with Gasteiger partial charge in [-0.05, 0) is 18.2 Å². The second-order valence-corrected chi connectivity index (χ2v) is 14.3. The Hall–Kier alpha value is -6.08. The molecule has 0 saturated carbocycles. The van der Waals surface area contributed by atoms with E-state index in [0.717, 1.165) is 71.7 Å². The van der Waals surface area contributed by atoms with E-state index in [1.165, 1.54) is 19.5 Å². The van der Waals surface area contributed by atoms with Crippen molar-refractivity contribution in [2.24, 2.45) is 0 Å². The molecule has 0 atom stereocenters. The minimum Gasteiger partial charge on any atom is -0.228 e. The molecule has 6 heteroatoms. The molecule has 0 N–H and O–H groups in total. The molecule has 0 fully saturated rings. The van der Waals surface area contributed by atoms with Crippen LogP contribution >= 0.6 is 22.7 Å². The summed E-state index contributed by atoms with van der Waals surface area (Å²) in [6, 6.07) is 54.7. The summed E-state index contributed by atoms with van der Waals surface area (Å²) in [5.74, 6) is 1.44. The van der Waals surface area contributed by atoms with E-state index in [1.807, 2.05) is 30.3 Å². The Balaban J connectivity index is 1.23. The fraction of sp³-hybridized carbons (Fsp3) is 0. The Morgan fingerprint density at radius 1 is 0.380 bits per heavy atom. The molecule has 10 aromatic rings. The lowest BCUT2D eigenvalue weighted by Crippen LogP contribution is -1.96. The average Bonchev–Trinajstić information content (AvgIpc) is 3.77. The Morgan fingerprint density at radius 3 is 1.66 bits per heavy atom. The Bertz CT molecular complexity index is 2800. The lowest BCUT2D eigenvalue weighted by Gasteiger charge is -2.11. The van der Waals surface area contributed by atoms with Crippen molar-refractivity contribution in [3.05, 3.63) is 158 Å². The highest BCUT2D eigenvalue weighted by Gasteiger charge is 2.21. The van der Waals surface area contributed by atoms with Crippen molar-refractivity contribution in [1.29, 1.82) is 0 Å². The number of fused-ring (bicyclic) bond motifs is 6. The number of nitrogens with zero attached hydrogens (tertiary/aromatic N) is 4. The molecule has 0 spiro atoms. The number of thiophene rings is 2. The molecule has 0 unspecified atom stereocenters. The predicted octanol–water partition coefficient (Wildman–Crippen LogP) is 12.3. The van der Waals surface area contributed by atoms with Gasteiger partial charge in [0.15, 0.2) is 11.6 Å². The third-order valence-corrected chi connectivity index (χ3v) is 11.5. The van der Waals surface area contributed by atoms with Crippen LogP contribution in [0.4, 0.5) is 0 Å². The highest BCUT2D eigenvalue weighted by atomic mass is 32.1.